The number of imidazole rings is 1. The maximum Gasteiger partial charge on any atom is 0.268 e. The zero-order chi connectivity index (χ0) is 16.7. The van der Waals surface area contributed by atoms with E-state index in [0.717, 1.165) is 17.0 Å². The van der Waals surface area contributed by atoms with Crippen LogP contribution in [-0.2, 0) is 0 Å². The lowest BCUT2D eigenvalue weighted by Gasteiger charge is -2.00. The van der Waals surface area contributed by atoms with Crippen LogP contribution >= 0.6 is 11.3 Å². The molecule has 1 amide bonds. The maximum absolute atomic E-state index is 13.0. The quantitative estimate of drug-likeness (QED) is 0.615. The van der Waals surface area contributed by atoms with E-state index in [1.54, 1.807) is 18.2 Å². The Morgan fingerprint density at radius 3 is 2.75 bits per heavy atom. The zero-order valence-corrected chi connectivity index (χ0v) is 13.3. The Bertz CT molecular complexity index is 1020. The number of aryl methyl sites for hydroxylation is 1. The molecule has 0 spiro atoms. The van der Waals surface area contributed by atoms with Gasteiger partial charge in [-0.25, -0.2) is 9.37 Å². The number of rotatable bonds is 3. The fourth-order valence-electron chi connectivity index (χ4n) is 2.37. The average molecular weight is 342 g/mol. The molecule has 120 valence electrons. The number of hydrogen-bond donors (Lipinski definition) is 1. The van der Waals surface area contributed by atoms with Crippen molar-refractivity contribution in [2.45, 2.75) is 6.92 Å². The molecule has 1 aromatic carbocycles. The smallest absolute Gasteiger partial charge is 0.268 e. The number of aromatic nitrogens is 3. The van der Waals surface area contributed by atoms with Gasteiger partial charge in [-0.3, -0.25) is 9.20 Å². The summed E-state index contributed by atoms with van der Waals surface area (Å²) in [5.41, 5.74) is 2.32. The van der Waals surface area contributed by atoms with Crippen LogP contribution in [0.1, 0.15) is 15.4 Å². The van der Waals surface area contributed by atoms with Crippen LogP contribution in [0.2, 0.25) is 0 Å². The normalized spacial score (nSPS) is 11.1. The molecule has 3 heterocycles. The van der Waals surface area contributed by atoms with Gasteiger partial charge >= 0.3 is 0 Å². The van der Waals surface area contributed by atoms with E-state index < -0.39 is 0 Å². The van der Waals surface area contributed by atoms with Gasteiger partial charge in [0.05, 0.1) is 5.69 Å². The van der Waals surface area contributed by atoms with Crippen molar-refractivity contribution < 1.29 is 13.7 Å². The second-order valence-corrected chi connectivity index (χ2v) is 6.12. The first-order valence-corrected chi connectivity index (χ1v) is 7.89. The number of fused-ring (bicyclic) bond motifs is 1. The highest BCUT2D eigenvalue weighted by Gasteiger charge is 2.18. The first kappa shape index (κ1) is 14.6. The Balaban J connectivity index is 1.68. The number of thiazole rings is 1. The predicted molar refractivity (Wildman–Crippen MR) is 87.7 cm³/mol. The number of carbonyl (C=O) groups excluding carboxylic acids is 1. The highest BCUT2D eigenvalue weighted by Crippen LogP contribution is 2.27. The van der Waals surface area contributed by atoms with E-state index in [1.165, 1.54) is 29.7 Å². The van der Waals surface area contributed by atoms with E-state index in [1.807, 2.05) is 17.5 Å². The highest BCUT2D eigenvalue weighted by molar-refractivity contribution is 7.19. The van der Waals surface area contributed by atoms with Crippen LogP contribution in [0.5, 0.6) is 0 Å². The molecular weight excluding hydrogens is 331 g/mol. The van der Waals surface area contributed by atoms with E-state index in [9.17, 15) is 9.18 Å². The van der Waals surface area contributed by atoms with Crippen LogP contribution in [0.15, 0.2) is 47.3 Å². The molecule has 0 bridgehead atoms. The Labute approximate surface area is 139 Å². The number of anilines is 1. The molecule has 0 aliphatic carbocycles. The monoisotopic (exact) mass is 342 g/mol. The molecule has 1 N–H and O–H groups in total. The number of benzene rings is 1. The minimum absolute atomic E-state index is 0.264. The van der Waals surface area contributed by atoms with Crippen molar-refractivity contribution in [1.82, 2.24) is 14.5 Å². The van der Waals surface area contributed by atoms with Gasteiger partial charge in [0.15, 0.2) is 10.8 Å². The van der Waals surface area contributed by atoms with Crippen molar-refractivity contribution in [2.24, 2.45) is 0 Å². The summed E-state index contributed by atoms with van der Waals surface area (Å²) in [6, 6.07) is 7.71. The molecular formula is C16H11FN4O2S. The molecule has 6 nitrogen and oxygen atoms in total. The average Bonchev–Trinajstić information content (AvgIpc) is 3.27. The van der Waals surface area contributed by atoms with Crippen LogP contribution in [-0.4, -0.2) is 20.4 Å². The van der Waals surface area contributed by atoms with Crippen molar-refractivity contribution in [1.29, 1.82) is 0 Å². The molecule has 24 heavy (non-hydrogen) atoms. The van der Waals surface area contributed by atoms with E-state index in [-0.39, 0.29) is 11.7 Å². The minimum atomic E-state index is -0.289. The summed E-state index contributed by atoms with van der Waals surface area (Å²) in [7, 11) is 0. The Morgan fingerprint density at radius 1 is 1.29 bits per heavy atom. The second kappa shape index (κ2) is 5.57. The number of amides is 1. The van der Waals surface area contributed by atoms with Gasteiger partial charge in [-0.2, -0.15) is 0 Å². The summed E-state index contributed by atoms with van der Waals surface area (Å²) in [5.74, 6) is -0.194. The third kappa shape index (κ3) is 2.46. The third-order valence-electron chi connectivity index (χ3n) is 3.58. The van der Waals surface area contributed by atoms with Gasteiger partial charge in [-0.1, -0.05) is 16.5 Å². The third-order valence-corrected chi connectivity index (χ3v) is 4.74. The molecule has 0 saturated carbocycles. The van der Waals surface area contributed by atoms with Crippen LogP contribution in [0.25, 0.3) is 16.2 Å². The predicted octanol–water partition coefficient (Wildman–Crippen LogP) is 3.75. The highest BCUT2D eigenvalue weighted by atomic mass is 32.1. The minimum Gasteiger partial charge on any atom is -0.363 e. The van der Waals surface area contributed by atoms with Crippen LogP contribution in [0, 0.1) is 12.7 Å². The van der Waals surface area contributed by atoms with Crippen molar-refractivity contribution in [3.8, 4) is 11.3 Å². The molecule has 0 aliphatic heterocycles. The van der Waals surface area contributed by atoms with Crippen LogP contribution < -0.4 is 5.32 Å². The first-order chi connectivity index (χ1) is 11.6. The van der Waals surface area contributed by atoms with Crippen molar-refractivity contribution in [3.63, 3.8) is 0 Å². The fourth-order valence-corrected chi connectivity index (χ4v) is 3.37. The summed E-state index contributed by atoms with van der Waals surface area (Å²) in [4.78, 5) is 18.1. The first-order valence-electron chi connectivity index (χ1n) is 7.08. The number of nitrogens with one attached hydrogen (secondary N) is 1. The Kier molecular flexibility index (Phi) is 3.39. The van der Waals surface area contributed by atoms with Gasteiger partial charge in [0.2, 0.25) is 0 Å². The van der Waals surface area contributed by atoms with Crippen molar-refractivity contribution >= 4 is 28.0 Å². The largest absolute Gasteiger partial charge is 0.363 e. The standard InChI is InChI=1S/C16H11FN4O2S/c1-9-14(15(22)19-13-6-7-23-20-13)24-16-18-12(8-21(9)16)10-2-4-11(17)5-3-10/h2-8H,1H3,(H,19,20,22). The van der Waals surface area contributed by atoms with Gasteiger partial charge in [0.1, 0.15) is 17.0 Å². The molecule has 4 rings (SSSR count). The Hall–Kier alpha value is -3.00. The van der Waals surface area contributed by atoms with Gasteiger partial charge < -0.3 is 9.84 Å². The summed E-state index contributed by atoms with van der Waals surface area (Å²) in [6.45, 7) is 1.84. The molecule has 0 fully saturated rings. The molecule has 0 radical (unpaired) electrons. The van der Waals surface area contributed by atoms with Gasteiger partial charge in [0, 0.05) is 23.5 Å². The van der Waals surface area contributed by atoms with E-state index in [4.69, 9.17) is 4.52 Å². The zero-order valence-electron chi connectivity index (χ0n) is 12.5. The van der Waals surface area contributed by atoms with Crippen molar-refractivity contribution in [3.05, 3.63) is 59.2 Å². The van der Waals surface area contributed by atoms with Crippen LogP contribution in [0.4, 0.5) is 10.2 Å². The van der Waals surface area contributed by atoms with E-state index in [0.29, 0.717) is 15.7 Å². The van der Waals surface area contributed by atoms with Gasteiger partial charge in [-0.15, -0.1) is 0 Å². The fraction of sp³-hybridized carbons (Fsp3) is 0.0625. The van der Waals surface area contributed by atoms with E-state index >= 15 is 0 Å². The Morgan fingerprint density at radius 2 is 2.08 bits per heavy atom. The second-order valence-electron chi connectivity index (χ2n) is 5.14. The SMILES string of the molecule is Cc1c(C(=O)Nc2ccon2)sc2nc(-c3ccc(F)cc3)cn12. The molecule has 8 heteroatoms. The molecule has 0 unspecified atom stereocenters. The van der Waals surface area contributed by atoms with Crippen LogP contribution in [0.3, 0.4) is 0 Å². The molecule has 3 aromatic heterocycles. The lowest BCUT2D eigenvalue weighted by atomic mass is 10.2. The number of carbonyl (C=O) groups is 1. The summed E-state index contributed by atoms with van der Waals surface area (Å²) in [5, 5.41) is 6.32. The maximum atomic E-state index is 13.0. The topological polar surface area (TPSA) is 72.4 Å². The molecule has 4 aromatic rings. The lowest BCUT2D eigenvalue weighted by Crippen LogP contribution is -2.12. The van der Waals surface area contributed by atoms with Crippen molar-refractivity contribution in [2.75, 3.05) is 5.32 Å². The molecule has 0 saturated heterocycles. The molecule has 0 aliphatic rings. The number of hydrogen-bond acceptors (Lipinski definition) is 5. The number of nitrogens with zero attached hydrogens (tertiary/aromatic N) is 3. The van der Waals surface area contributed by atoms with Gasteiger partial charge in [0.25, 0.3) is 5.91 Å². The number of halogens is 1. The summed E-state index contributed by atoms with van der Waals surface area (Å²) >= 11 is 1.28. The van der Waals surface area contributed by atoms with E-state index in [2.05, 4.69) is 15.5 Å². The summed E-state index contributed by atoms with van der Waals surface area (Å²) in [6.07, 6.45) is 3.22. The summed E-state index contributed by atoms with van der Waals surface area (Å²) < 4.78 is 19.6. The lowest BCUT2D eigenvalue weighted by molar-refractivity contribution is 0.102. The molecule has 0 atom stereocenters. The van der Waals surface area contributed by atoms with Gasteiger partial charge in [-0.05, 0) is 31.2 Å².